The maximum Gasteiger partial charge on any atom is 0.262 e. The van der Waals surface area contributed by atoms with Crippen LogP contribution in [0, 0.1) is 0 Å². The van der Waals surface area contributed by atoms with Crippen molar-refractivity contribution in [3.63, 3.8) is 0 Å². The minimum atomic E-state index is -3.61. The van der Waals surface area contributed by atoms with Gasteiger partial charge >= 0.3 is 0 Å². The van der Waals surface area contributed by atoms with Crippen molar-refractivity contribution in [2.24, 2.45) is 0 Å². The highest BCUT2D eigenvalue weighted by atomic mass is 35.5. The van der Waals surface area contributed by atoms with Gasteiger partial charge in [0.1, 0.15) is 9.77 Å². The van der Waals surface area contributed by atoms with E-state index in [1.807, 2.05) is 12.1 Å². The number of thiophene rings is 1. The molecule has 3 rings (SSSR count). The molecule has 0 unspecified atom stereocenters. The average Bonchev–Trinajstić information content (AvgIpc) is 3.15. The molecule has 0 bridgehead atoms. The maximum atomic E-state index is 12.8. The van der Waals surface area contributed by atoms with Gasteiger partial charge in [-0.15, -0.1) is 11.3 Å². The number of benzene rings is 1. The van der Waals surface area contributed by atoms with Crippen molar-refractivity contribution < 1.29 is 13.2 Å². The zero-order valence-electron chi connectivity index (χ0n) is 14.3. The van der Waals surface area contributed by atoms with E-state index in [0.29, 0.717) is 31.1 Å². The van der Waals surface area contributed by atoms with Crippen LogP contribution in [0.3, 0.4) is 0 Å². The minimum absolute atomic E-state index is 0.119. The van der Waals surface area contributed by atoms with Crippen LogP contribution in [0.4, 0.5) is 0 Å². The summed E-state index contributed by atoms with van der Waals surface area (Å²) in [5.74, 6) is -0.343. The van der Waals surface area contributed by atoms with Gasteiger partial charge in [-0.3, -0.25) is 4.79 Å². The van der Waals surface area contributed by atoms with Crippen molar-refractivity contribution >= 4 is 38.9 Å². The molecule has 1 aliphatic heterocycles. The summed E-state index contributed by atoms with van der Waals surface area (Å²) in [4.78, 5) is 12.9. The number of hydrogen-bond donors (Lipinski definition) is 1. The third-order valence-corrected chi connectivity index (χ3v) is 7.62. The van der Waals surface area contributed by atoms with Crippen LogP contribution in [0.25, 0.3) is 0 Å². The number of nitrogens with one attached hydrogen (secondary N) is 1. The van der Waals surface area contributed by atoms with Gasteiger partial charge in [0.2, 0.25) is 10.0 Å². The first kappa shape index (κ1) is 19.4. The second-order valence-corrected chi connectivity index (χ2v) is 9.47. The standard InChI is InChI=1S/C18H21ClN2O3S2/c19-15-6-4-14(5-7-15)8-10-20-18(22)17-16(9-13-25-17)26(23,24)21-11-2-1-3-12-21/h4-7,9,13H,1-3,8,10-12H2,(H,20,22). The van der Waals surface area contributed by atoms with Gasteiger partial charge in [-0.05, 0) is 48.4 Å². The summed E-state index contributed by atoms with van der Waals surface area (Å²) in [5.41, 5.74) is 1.06. The summed E-state index contributed by atoms with van der Waals surface area (Å²) in [7, 11) is -3.61. The number of piperidine rings is 1. The normalized spacial score (nSPS) is 15.7. The van der Waals surface area contributed by atoms with E-state index in [2.05, 4.69) is 5.32 Å². The lowest BCUT2D eigenvalue weighted by molar-refractivity contribution is 0.0955. The Kier molecular flexibility index (Phi) is 6.34. The topological polar surface area (TPSA) is 66.5 Å². The van der Waals surface area contributed by atoms with Gasteiger partial charge in [-0.25, -0.2) is 8.42 Å². The number of rotatable bonds is 6. The van der Waals surface area contributed by atoms with Gasteiger partial charge in [0, 0.05) is 24.7 Å². The molecule has 140 valence electrons. The van der Waals surface area contributed by atoms with Crippen LogP contribution in [0.2, 0.25) is 5.02 Å². The molecule has 0 aliphatic carbocycles. The fourth-order valence-corrected chi connectivity index (χ4v) is 5.92. The lowest BCUT2D eigenvalue weighted by atomic mass is 10.1. The van der Waals surface area contributed by atoms with Crippen LogP contribution in [-0.4, -0.2) is 38.3 Å². The van der Waals surface area contributed by atoms with E-state index in [0.717, 1.165) is 36.2 Å². The number of amides is 1. The molecule has 8 heteroatoms. The Morgan fingerprint density at radius 2 is 1.81 bits per heavy atom. The molecule has 2 heterocycles. The molecule has 1 aromatic carbocycles. The van der Waals surface area contributed by atoms with Gasteiger partial charge in [-0.2, -0.15) is 4.31 Å². The summed E-state index contributed by atoms with van der Waals surface area (Å²) in [6.45, 7) is 1.48. The lowest BCUT2D eigenvalue weighted by Crippen LogP contribution is -2.36. The third kappa shape index (κ3) is 4.46. The van der Waals surface area contributed by atoms with Crippen LogP contribution in [-0.2, 0) is 16.4 Å². The summed E-state index contributed by atoms with van der Waals surface area (Å²) in [6, 6.07) is 8.96. The molecule has 1 N–H and O–H groups in total. The smallest absolute Gasteiger partial charge is 0.262 e. The Bertz CT molecular complexity index is 857. The second-order valence-electron chi connectivity index (χ2n) is 6.21. The Morgan fingerprint density at radius 1 is 1.12 bits per heavy atom. The summed E-state index contributed by atoms with van der Waals surface area (Å²) < 4.78 is 27.2. The van der Waals surface area contributed by atoms with Crippen molar-refractivity contribution in [1.29, 1.82) is 0 Å². The number of carbonyl (C=O) groups is 1. The SMILES string of the molecule is O=C(NCCc1ccc(Cl)cc1)c1sccc1S(=O)(=O)N1CCCCC1. The van der Waals surface area contributed by atoms with Gasteiger partial charge < -0.3 is 5.32 Å². The van der Waals surface area contributed by atoms with Gasteiger partial charge in [0.05, 0.1) is 0 Å². The Morgan fingerprint density at radius 3 is 2.50 bits per heavy atom. The summed E-state index contributed by atoms with van der Waals surface area (Å²) in [5, 5.41) is 5.15. The molecule has 1 aliphatic rings. The second kappa shape index (κ2) is 8.52. The summed E-state index contributed by atoms with van der Waals surface area (Å²) in [6.07, 6.45) is 3.44. The lowest BCUT2D eigenvalue weighted by Gasteiger charge is -2.25. The number of halogens is 1. The average molecular weight is 413 g/mol. The quantitative estimate of drug-likeness (QED) is 0.788. The number of sulfonamides is 1. The van der Waals surface area contributed by atoms with E-state index >= 15 is 0 Å². The van der Waals surface area contributed by atoms with Crippen molar-refractivity contribution in [3.8, 4) is 0 Å². The molecule has 2 aromatic rings. The Hall–Kier alpha value is -1.41. The monoisotopic (exact) mass is 412 g/mol. The van der Waals surface area contributed by atoms with E-state index in [-0.39, 0.29) is 15.7 Å². The van der Waals surface area contributed by atoms with Crippen LogP contribution >= 0.6 is 22.9 Å². The predicted molar refractivity (Wildman–Crippen MR) is 104 cm³/mol. The van der Waals surface area contributed by atoms with E-state index in [9.17, 15) is 13.2 Å². The van der Waals surface area contributed by atoms with Crippen molar-refractivity contribution in [2.45, 2.75) is 30.6 Å². The van der Waals surface area contributed by atoms with Crippen LogP contribution in [0.15, 0.2) is 40.6 Å². The van der Waals surface area contributed by atoms with Crippen molar-refractivity contribution in [3.05, 3.63) is 51.2 Å². The molecule has 1 saturated heterocycles. The Labute approximate surface area is 163 Å². The molecule has 0 atom stereocenters. The first-order chi connectivity index (χ1) is 12.5. The number of hydrogen-bond acceptors (Lipinski definition) is 4. The molecular weight excluding hydrogens is 392 g/mol. The predicted octanol–water partition coefficient (Wildman–Crippen LogP) is 3.55. The number of carbonyl (C=O) groups excluding carboxylic acids is 1. The molecule has 0 radical (unpaired) electrons. The first-order valence-corrected chi connectivity index (χ1v) is 11.3. The van der Waals surface area contributed by atoms with Crippen LogP contribution in [0.1, 0.15) is 34.5 Å². The van der Waals surface area contributed by atoms with E-state index in [1.54, 1.807) is 17.5 Å². The minimum Gasteiger partial charge on any atom is -0.351 e. The van der Waals surface area contributed by atoms with Gasteiger partial charge in [-0.1, -0.05) is 30.2 Å². The summed E-state index contributed by atoms with van der Waals surface area (Å²) >= 11 is 7.02. The fourth-order valence-electron chi connectivity index (χ4n) is 2.96. The molecule has 0 spiro atoms. The molecule has 5 nitrogen and oxygen atoms in total. The van der Waals surface area contributed by atoms with Gasteiger partial charge in [0.15, 0.2) is 0 Å². The highest BCUT2D eigenvalue weighted by molar-refractivity contribution is 7.89. The highest BCUT2D eigenvalue weighted by Crippen LogP contribution is 2.27. The zero-order valence-corrected chi connectivity index (χ0v) is 16.7. The molecule has 1 amide bonds. The largest absolute Gasteiger partial charge is 0.351 e. The molecular formula is C18H21ClN2O3S2. The maximum absolute atomic E-state index is 12.8. The molecule has 1 fully saturated rings. The van der Waals surface area contributed by atoms with E-state index < -0.39 is 10.0 Å². The zero-order chi connectivity index (χ0) is 18.6. The fraction of sp³-hybridized carbons (Fsp3) is 0.389. The highest BCUT2D eigenvalue weighted by Gasteiger charge is 2.30. The third-order valence-electron chi connectivity index (χ3n) is 4.38. The van der Waals surface area contributed by atoms with Crippen molar-refractivity contribution in [2.75, 3.05) is 19.6 Å². The van der Waals surface area contributed by atoms with E-state index in [1.165, 1.54) is 10.4 Å². The van der Waals surface area contributed by atoms with Crippen LogP contribution < -0.4 is 5.32 Å². The number of nitrogens with zero attached hydrogens (tertiary/aromatic N) is 1. The molecule has 1 aromatic heterocycles. The Balaban J connectivity index is 1.65. The molecule has 26 heavy (non-hydrogen) atoms. The molecule has 0 saturated carbocycles. The first-order valence-electron chi connectivity index (χ1n) is 8.59. The van der Waals surface area contributed by atoms with Crippen molar-refractivity contribution in [1.82, 2.24) is 9.62 Å². The van der Waals surface area contributed by atoms with Crippen LogP contribution in [0.5, 0.6) is 0 Å². The van der Waals surface area contributed by atoms with Gasteiger partial charge in [0.25, 0.3) is 5.91 Å². The van der Waals surface area contributed by atoms with E-state index in [4.69, 9.17) is 11.6 Å².